The van der Waals surface area contributed by atoms with Crippen LogP contribution in [0.5, 0.6) is 11.5 Å². The highest BCUT2D eigenvalue weighted by Gasteiger charge is 2.01. The average molecular weight is 228 g/mol. The summed E-state index contributed by atoms with van der Waals surface area (Å²) in [6.07, 6.45) is 1.02. The lowest BCUT2D eigenvalue weighted by Crippen LogP contribution is -1.96. The number of ether oxygens (including phenoxy) is 1. The van der Waals surface area contributed by atoms with Crippen molar-refractivity contribution in [3.8, 4) is 11.5 Å². The number of aryl methyl sites for hydroxylation is 1. The molecule has 0 radical (unpaired) electrons. The Kier molecular flexibility index (Phi) is 3.66. The molecule has 0 fully saturated rings. The van der Waals surface area contributed by atoms with Crippen LogP contribution in [0.15, 0.2) is 48.5 Å². The summed E-state index contributed by atoms with van der Waals surface area (Å²) in [7, 11) is 0. The second-order valence-electron chi connectivity index (χ2n) is 3.93. The van der Waals surface area contributed by atoms with Crippen molar-refractivity contribution in [1.82, 2.24) is 0 Å². The zero-order valence-corrected chi connectivity index (χ0v) is 9.89. The van der Waals surface area contributed by atoms with E-state index in [-0.39, 0.29) is 5.75 Å². The van der Waals surface area contributed by atoms with Gasteiger partial charge < -0.3 is 9.84 Å². The van der Waals surface area contributed by atoms with Crippen LogP contribution >= 0.6 is 0 Å². The highest BCUT2D eigenvalue weighted by molar-refractivity contribution is 5.38. The second-order valence-corrected chi connectivity index (χ2v) is 3.93. The molecule has 0 aromatic heterocycles. The molecule has 1 N–H and O–H groups in total. The monoisotopic (exact) mass is 228 g/mol. The second kappa shape index (κ2) is 5.39. The van der Waals surface area contributed by atoms with Crippen molar-refractivity contribution in [3.63, 3.8) is 0 Å². The first-order valence-corrected chi connectivity index (χ1v) is 5.78. The SMILES string of the molecule is CCc1cccc(COc2ccccc2O)c1. The summed E-state index contributed by atoms with van der Waals surface area (Å²) in [5.74, 6) is 0.702. The summed E-state index contributed by atoms with van der Waals surface area (Å²) in [6.45, 7) is 2.61. The predicted octanol–water partition coefficient (Wildman–Crippen LogP) is 3.53. The van der Waals surface area contributed by atoms with Crippen LogP contribution in [-0.2, 0) is 13.0 Å². The van der Waals surface area contributed by atoms with Gasteiger partial charge in [-0.05, 0) is 29.7 Å². The van der Waals surface area contributed by atoms with Crippen LogP contribution < -0.4 is 4.74 Å². The van der Waals surface area contributed by atoms with Crippen LogP contribution in [0.25, 0.3) is 0 Å². The van der Waals surface area contributed by atoms with Crippen molar-refractivity contribution >= 4 is 0 Å². The van der Waals surface area contributed by atoms with E-state index in [1.54, 1.807) is 18.2 Å². The highest BCUT2D eigenvalue weighted by atomic mass is 16.5. The number of aromatic hydroxyl groups is 1. The summed E-state index contributed by atoms with van der Waals surface area (Å²) >= 11 is 0. The Morgan fingerprint density at radius 2 is 1.76 bits per heavy atom. The summed E-state index contributed by atoms with van der Waals surface area (Å²) in [5.41, 5.74) is 2.41. The molecule has 0 saturated carbocycles. The van der Waals surface area contributed by atoms with E-state index in [9.17, 15) is 5.11 Å². The fourth-order valence-corrected chi connectivity index (χ4v) is 1.68. The Labute approximate surface area is 101 Å². The number of rotatable bonds is 4. The van der Waals surface area contributed by atoms with Crippen molar-refractivity contribution in [2.75, 3.05) is 0 Å². The predicted molar refractivity (Wildman–Crippen MR) is 68.3 cm³/mol. The van der Waals surface area contributed by atoms with Crippen molar-refractivity contribution in [2.24, 2.45) is 0 Å². The normalized spacial score (nSPS) is 10.2. The molecule has 0 aliphatic carbocycles. The minimum atomic E-state index is 0.180. The quantitative estimate of drug-likeness (QED) is 0.867. The molecule has 0 saturated heterocycles. The Bertz CT molecular complexity index is 492. The molecule has 17 heavy (non-hydrogen) atoms. The zero-order chi connectivity index (χ0) is 12.1. The molecular weight excluding hydrogens is 212 g/mol. The smallest absolute Gasteiger partial charge is 0.161 e. The third-order valence-corrected chi connectivity index (χ3v) is 2.66. The molecule has 2 heteroatoms. The fraction of sp³-hybridized carbons (Fsp3) is 0.200. The van der Waals surface area contributed by atoms with Crippen molar-refractivity contribution in [3.05, 3.63) is 59.7 Å². The molecule has 2 aromatic carbocycles. The van der Waals surface area contributed by atoms with E-state index in [0.29, 0.717) is 12.4 Å². The van der Waals surface area contributed by atoms with E-state index < -0.39 is 0 Å². The molecule has 2 aromatic rings. The van der Waals surface area contributed by atoms with Gasteiger partial charge in [0.05, 0.1) is 0 Å². The lowest BCUT2D eigenvalue weighted by Gasteiger charge is -2.08. The topological polar surface area (TPSA) is 29.5 Å². The van der Waals surface area contributed by atoms with Crippen LogP contribution in [0.2, 0.25) is 0 Å². The number of para-hydroxylation sites is 2. The first kappa shape index (κ1) is 11.5. The van der Waals surface area contributed by atoms with E-state index in [4.69, 9.17) is 4.74 Å². The number of phenolic OH excluding ortho intramolecular Hbond substituents is 1. The molecular formula is C15H16O2. The lowest BCUT2D eigenvalue weighted by atomic mass is 10.1. The van der Waals surface area contributed by atoms with Gasteiger partial charge in [0.2, 0.25) is 0 Å². The molecule has 0 aliphatic heterocycles. The minimum Gasteiger partial charge on any atom is -0.504 e. The largest absolute Gasteiger partial charge is 0.504 e. The van der Waals surface area contributed by atoms with Gasteiger partial charge in [-0.1, -0.05) is 43.3 Å². The van der Waals surface area contributed by atoms with Gasteiger partial charge in [-0.3, -0.25) is 0 Å². The molecule has 0 atom stereocenters. The van der Waals surface area contributed by atoms with E-state index in [1.807, 2.05) is 18.2 Å². The van der Waals surface area contributed by atoms with Crippen molar-refractivity contribution in [2.45, 2.75) is 20.0 Å². The van der Waals surface area contributed by atoms with Gasteiger partial charge in [-0.25, -0.2) is 0 Å². The first-order chi connectivity index (χ1) is 8.29. The van der Waals surface area contributed by atoms with E-state index in [1.165, 1.54) is 5.56 Å². The third kappa shape index (κ3) is 3.00. The average Bonchev–Trinajstić information content (AvgIpc) is 2.38. The standard InChI is InChI=1S/C15H16O2/c1-2-12-6-5-7-13(10-12)11-17-15-9-4-3-8-14(15)16/h3-10,16H,2,11H2,1H3. The number of hydrogen-bond donors (Lipinski definition) is 1. The molecule has 0 spiro atoms. The van der Waals surface area contributed by atoms with Gasteiger partial charge >= 0.3 is 0 Å². The molecule has 2 rings (SSSR count). The molecule has 0 heterocycles. The van der Waals surface area contributed by atoms with E-state index in [2.05, 4.69) is 19.1 Å². The van der Waals surface area contributed by atoms with Crippen LogP contribution in [0, 0.1) is 0 Å². The molecule has 0 amide bonds. The van der Waals surface area contributed by atoms with Crippen LogP contribution in [0.1, 0.15) is 18.1 Å². The number of benzene rings is 2. The van der Waals surface area contributed by atoms with Gasteiger partial charge in [0.1, 0.15) is 6.61 Å². The molecule has 2 nitrogen and oxygen atoms in total. The maximum absolute atomic E-state index is 9.56. The highest BCUT2D eigenvalue weighted by Crippen LogP contribution is 2.25. The molecule has 88 valence electrons. The Morgan fingerprint density at radius 1 is 1.00 bits per heavy atom. The van der Waals surface area contributed by atoms with Gasteiger partial charge in [0, 0.05) is 0 Å². The molecule has 0 bridgehead atoms. The Morgan fingerprint density at radius 3 is 2.53 bits per heavy atom. The van der Waals surface area contributed by atoms with Crippen molar-refractivity contribution < 1.29 is 9.84 Å². The van der Waals surface area contributed by atoms with Crippen LogP contribution in [-0.4, -0.2) is 5.11 Å². The maximum Gasteiger partial charge on any atom is 0.161 e. The minimum absolute atomic E-state index is 0.180. The Balaban J connectivity index is 2.05. The number of hydrogen-bond acceptors (Lipinski definition) is 2. The zero-order valence-electron chi connectivity index (χ0n) is 9.89. The van der Waals surface area contributed by atoms with E-state index >= 15 is 0 Å². The van der Waals surface area contributed by atoms with Crippen LogP contribution in [0.4, 0.5) is 0 Å². The first-order valence-electron chi connectivity index (χ1n) is 5.78. The molecule has 0 aliphatic rings. The fourth-order valence-electron chi connectivity index (χ4n) is 1.68. The Hall–Kier alpha value is -1.96. The number of phenols is 1. The summed E-state index contributed by atoms with van der Waals surface area (Å²) < 4.78 is 5.57. The van der Waals surface area contributed by atoms with Gasteiger partial charge in [0.15, 0.2) is 11.5 Å². The lowest BCUT2D eigenvalue weighted by molar-refractivity contribution is 0.289. The maximum atomic E-state index is 9.56. The summed E-state index contributed by atoms with van der Waals surface area (Å²) in [4.78, 5) is 0. The van der Waals surface area contributed by atoms with Gasteiger partial charge in [-0.15, -0.1) is 0 Å². The van der Waals surface area contributed by atoms with Crippen LogP contribution in [0.3, 0.4) is 0 Å². The third-order valence-electron chi connectivity index (χ3n) is 2.66. The summed E-state index contributed by atoms with van der Waals surface area (Å²) in [6, 6.07) is 15.3. The van der Waals surface area contributed by atoms with Gasteiger partial charge in [-0.2, -0.15) is 0 Å². The van der Waals surface area contributed by atoms with Gasteiger partial charge in [0.25, 0.3) is 0 Å². The van der Waals surface area contributed by atoms with Crippen molar-refractivity contribution in [1.29, 1.82) is 0 Å². The summed E-state index contributed by atoms with van der Waals surface area (Å²) in [5, 5.41) is 9.56. The molecule has 0 unspecified atom stereocenters. The van der Waals surface area contributed by atoms with E-state index in [0.717, 1.165) is 12.0 Å².